The van der Waals surface area contributed by atoms with Gasteiger partial charge in [-0.3, -0.25) is 4.90 Å². The Morgan fingerprint density at radius 2 is 1.46 bits per heavy atom. The molecule has 182 valence electrons. The van der Waals surface area contributed by atoms with Gasteiger partial charge in [0.25, 0.3) is 0 Å². The molecule has 4 aromatic rings. The molecule has 0 bridgehead atoms. The minimum Gasteiger partial charge on any atom is -0.374 e. The Kier molecular flexibility index (Phi) is 7.60. The van der Waals surface area contributed by atoms with Gasteiger partial charge in [-0.05, 0) is 31.3 Å². The molecule has 1 aliphatic rings. The number of aromatic nitrogens is 2. The summed E-state index contributed by atoms with van der Waals surface area (Å²) in [5.74, 6) is -0.543. The van der Waals surface area contributed by atoms with Gasteiger partial charge in [0.15, 0.2) is 0 Å². The number of halogens is 2. The van der Waals surface area contributed by atoms with E-state index in [-0.39, 0.29) is 17.7 Å². The topological polar surface area (TPSA) is 41.5 Å². The highest BCUT2D eigenvalue weighted by Gasteiger charge is 2.23. The van der Waals surface area contributed by atoms with Gasteiger partial charge in [0.05, 0.1) is 24.1 Å². The van der Waals surface area contributed by atoms with Crippen LogP contribution in [0.5, 0.6) is 0 Å². The number of thiazole rings is 2. The minimum absolute atomic E-state index is 0.0723. The fraction of sp³-hybridized carbons (Fsp3) is 0.308. The lowest BCUT2D eigenvalue weighted by atomic mass is 10.2. The summed E-state index contributed by atoms with van der Waals surface area (Å²) < 4.78 is 34.5. The van der Waals surface area contributed by atoms with Crippen molar-refractivity contribution in [1.29, 1.82) is 0 Å². The van der Waals surface area contributed by atoms with Crippen LogP contribution >= 0.6 is 22.7 Å². The molecule has 5 rings (SSSR count). The molecule has 1 aliphatic heterocycles. The summed E-state index contributed by atoms with van der Waals surface area (Å²) in [6, 6.07) is 13.4. The zero-order valence-corrected chi connectivity index (χ0v) is 21.0. The molecule has 3 heterocycles. The Hall–Kier alpha value is -2.56. The van der Waals surface area contributed by atoms with E-state index >= 15 is 0 Å². The first-order valence-corrected chi connectivity index (χ1v) is 13.2. The Bertz CT molecular complexity index is 1190. The smallest absolute Gasteiger partial charge is 0.133 e. The molecule has 0 N–H and O–H groups in total. The lowest BCUT2D eigenvalue weighted by Crippen LogP contribution is -2.45. The van der Waals surface area contributed by atoms with Crippen LogP contribution in [0.25, 0.3) is 21.1 Å². The molecule has 0 radical (unpaired) electrons. The van der Waals surface area contributed by atoms with Crippen molar-refractivity contribution in [3.63, 3.8) is 0 Å². The average Bonchev–Trinajstić information content (AvgIpc) is 3.49. The van der Waals surface area contributed by atoms with Gasteiger partial charge in [-0.25, -0.2) is 18.7 Å². The zero-order chi connectivity index (χ0) is 24.2. The van der Waals surface area contributed by atoms with Gasteiger partial charge >= 0.3 is 0 Å². The second-order valence-electron chi connectivity index (χ2n) is 8.67. The molecular formula is C26H26F2N4OS2. The molecule has 5 nitrogen and oxygen atoms in total. The lowest BCUT2D eigenvalue weighted by Gasteiger charge is -2.33. The average molecular weight is 513 g/mol. The van der Waals surface area contributed by atoms with E-state index in [2.05, 4.69) is 16.8 Å². The van der Waals surface area contributed by atoms with Crippen molar-refractivity contribution in [3.8, 4) is 21.1 Å². The monoisotopic (exact) mass is 512 g/mol. The summed E-state index contributed by atoms with van der Waals surface area (Å²) in [4.78, 5) is 13.9. The molecule has 0 spiro atoms. The third kappa shape index (κ3) is 5.99. The highest BCUT2D eigenvalue weighted by Crippen LogP contribution is 2.29. The molecule has 2 aromatic carbocycles. The van der Waals surface area contributed by atoms with Gasteiger partial charge in [0.1, 0.15) is 21.6 Å². The first-order chi connectivity index (χ1) is 17.0. The molecular weight excluding hydrogens is 486 g/mol. The summed E-state index contributed by atoms with van der Waals surface area (Å²) in [6.45, 7) is 4.36. The van der Waals surface area contributed by atoms with Crippen LogP contribution in [0.3, 0.4) is 0 Å². The highest BCUT2D eigenvalue weighted by molar-refractivity contribution is 7.13. The maximum Gasteiger partial charge on any atom is 0.133 e. The maximum absolute atomic E-state index is 14.3. The van der Waals surface area contributed by atoms with Crippen molar-refractivity contribution in [1.82, 2.24) is 19.8 Å². The van der Waals surface area contributed by atoms with Crippen molar-refractivity contribution in [3.05, 3.63) is 82.3 Å². The summed E-state index contributed by atoms with van der Waals surface area (Å²) in [6.07, 6.45) is 0.0723. The van der Waals surface area contributed by atoms with E-state index in [9.17, 15) is 8.78 Å². The van der Waals surface area contributed by atoms with Crippen LogP contribution in [0.4, 0.5) is 8.78 Å². The minimum atomic E-state index is -0.271. The van der Waals surface area contributed by atoms with Crippen LogP contribution in [0.15, 0.2) is 59.3 Å². The van der Waals surface area contributed by atoms with Crippen molar-refractivity contribution < 1.29 is 13.5 Å². The van der Waals surface area contributed by atoms with Crippen LogP contribution in [-0.2, 0) is 17.8 Å². The highest BCUT2D eigenvalue weighted by atomic mass is 32.1. The van der Waals surface area contributed by atoms with E-state index in [0.29, 0.717) is 47.4 Å². The third-order valence-corrected chi connectivity index (χ3v) is 7.74. The number of hydrogen-bond acceptors (Lipinski definition) is 7. The summed E-state index contributed by atoms with van der Waals surface area (Å²) in [5, 5.41) is 5.30. The van der Waals surface area contributed by atoms with Crippen LogP contribution in [0.1, 0.15) is 11.4 Å². The Balaban J connectivity index is 1.35. The summed E-state index contributed by atoms with van der Waals surface area (Å²) >= 11 is 2.88. The molecule has 9 heteroatoms. The van der Waals surface area contributed by atoms with Crippen molar-refractivity contribution in [2.24, 2.45) is 0 Å². The SMILES string of the molecule is CN1CCO[C@H](CN(Cc2csc(-c3ccccc3F)n2)Cc2csc(-c3ccccc3F)n2)C1. The van der Waals surface area contributed by atoms with Crippen LogP contribution in [-0.4, -0.2) is 59.2 Å². The molecule has 35 heavy (non-hydrogen) atoms. The fourth-order valence-electron chi connectivity index (χ4n) is 4.18. The molecule has 0 aliphatic carbocycles. The number of morpholine rings is 1. The molecule has 1 saturated heterocycles. The number of hydrogen-bond donors (Lipinski definition) is 0. The van der Waals surface area contributed by atoms with Gasteiger partial charge in [-0.15, -0.1) is 22.7 Å². The summed E-state index contributed by atoms with van der Waals surface area (Å²) in [7, 11) is 2.10. The van der Waals surface area contributed by atoms with E-state index in [1.807, 2.05) is 22.9 Å². The zero-order valence-electron chi connectivity index (χ0n) is 19.4. The largest absolute Gasteiger partial charge is 0.374 e. The summed E-state index contributed by atoms with van der Waals surface area (Å²) in [5.41, 5.74) is 2.78. The number of likely N-dealkylation sites (N-methyl/N-ethyl adjacent to an activating group) is 1. The molecule has 1 atom stereocenters. The van der Waals surface area contributed by atoms with Gasteiger partial charge in [0, 0.05) is 54.6 Å². The lowest BCUT2D eigenvalue weighted by molar-refractivity contribution is -0.0381. The molecule has 1 fully saturated rings. The van der Waals surface area contributed by atoms with Gasteiger partial charge in [-0.2, -0.15) is 0 Å². The van der Waals surface area contributed by atoms with Crippen LogP contribution < -0.4 is 0 Å². The fourth-order valence-corrected chi connectivity index (χ4v) is 5.86. The molecule has 0 unspecified atom stereocenters. The van der Waals surface area contributed by atoms with E-state index < -0.39 is 0 Å². The maximum atomic E-state index is 14.3. The molecule has 2 aromatic heterocycles. The Labute approximate surface area is 211 Å². The van der Waals surface area contributed by atoms with Gasteiger partial charge in [0.2, 0.25) is 0 Å². The van der Waals surface area contributed by atoms with E-state index in [1.54, 1.807) is 24.3 Å². The third-order valence-electron chi connectivity index (χ3n) is 5.89. The predicted octanol–water partition coefficient (Wildman–Crippen LogP) is 5.54. The first-order valence-electron chi connectivity index (χ1n) is 11.5. The predicted molar refractivity (Wildman–Crippen MR) is 136 cm³/mol. The normalized spacial score (nSPS) is 16.7. The number of nitrogens with zero attached hydrogens (tertiary/aromatic N) is 4. The van der Waals surface area contributed by atoms with Crippen LogP contribution in [0, 0.1) is 11.6 Å². The molecule has 0 saturated carbocycles. The van der Waals surface area contributed by atoms with Gasteiger partial charge in [-0.1, -0.05) is 24.3 Å². The molecule has 0 amide bonds. The first kappa shape index (κ1) is 24.1. The number of benzene rings is 2. The Morgan fingerprint density at radius 3 is 1.97 bits per heavy atom. The van der Waals surface area contributed by atoms with Crippen molar-refractivity contribution in [2.45, 2.75) is 19.2 Å². The Morgan fingerprint density at radius 1 is 0.914 bits per heavy atom. The van der Waals surface area contributed by atoms with E-state index in [1.165, 1.54) is 34.8 Å². The van der Waals surface area contributed by atoms with E-state index in [4.69, 9.17) is 14.7 Å². The number of rotatable bonds is 8. The second-order valence-corrected chi connectivity index (χ2v) is 10.4. The number of ether oxygens (including phenoxy) is 1. The van der Waals surface area contributed by atoms with Crippen molar-refractivity contribution >= 4 is 22.7 Å². The van der Waals surface area contributed by atoms with E-state index in [0.717, 1.165) is 24.5 Å². The standard InChI is InChI=1S/C26H26F2N4OS2/c1-31-10-11-33-20(14-31)15-32(12-18-16-34-25(29-18)21-6-2-4-8-23(21)27)13-19-17-35-26(30-19)22-7-3-5-9-24(22)28/h2-9,16-17,20H,10-15H2,1H3/t20-/m0/s1. The van der Waals surface area contributed by atoms with Crippen LogP contribution in [0.2, 0.25) is 0 Å². The van der Waals surface area contributed by atoms with Gasteiger partial charge < -0.3 is 9.64 Å². The quantitative estimate of drug-likeness (QED) is 0.310. The van der Waals surface area contributed by atoms with Crippen molar-refractivity contribution in [2.75, 3.05) is 33.3 Å². The second kappa shape index (κ2) is 11.0.